The lowest BCUT2D eigenvalue weighted by Gasteiger charge is -2.12. The fourth-order valence-corrected chi connectivity index (χ4v) is 1.19. The van der Waals surface area contributed by atoms with Gasteiger partial charge in [0.2, 0.25) is 5.82 Å². The Kier molecular flexibility index (Phi) is 5.38. The molecule has 0 N–H and O–H groups in total. The number of ether oxygens (including phenoxy) is 1. The van der Waals surface area contributed by atoms with E-state index in [-0.39, 0.29) is 5.56 Å². The standard InChI is InChI=1S/C9H7F5O.C2H6/c1-4-3-5(9(12,13)14)6(10)7(11)8(4)15-2;1-2/h3H,1-2H3;1-2H3. The van der Waals surface area contributed by atoms with Crippen molar-refractivity contribution < 1.29 is 26.7 Å². The van der Waals surface area contributed by atoms with E-state index in [1.165, 1.54) is 6.92 Å². The summed E-state index contributed by atoms with van der Waals surface area (Å²) in [6.07, 6.45) is -4.91. The van der Waals surface area contributed by atoms with Crippen LogP contribution in [0.1, 0.15) is 25.0 Å². The lowest BCUT2D eigenvalue weighted by Crippen LogP contribution is -2.11. The van der Waals surface area contributed by atoms with Crippen LogP contribution in [0.4, 0.5) is 22.0 Å². The van der Waals surface area contributed by atoms with Gasteiger partial charge in [-0.1, -0.05) is 13.8 Å². The Morgan fingerprint density at radius 3 is 1.88 bits per heavy atom. The van der Waals surface area contributed by atoms with Crippen molar-refractivity contribution >= 4 is 0 Å². The van der Waals surface area contributed by atoms with Crippen molar-refractivity contribution in [3.63, 3.8) is 0 Å². The summed E-state index contributed by atoms with van der Waals surface area (Å²) in [5.74, 6) is -4.07. The van der Waals surface area contributed by atoms with Gasteiger partial charge in [-0.15, -0.1) is 0 Å². The highest BCUT2D eigenvalue weighted by Crippen LogP contribution is 2.36. The van der Waals surface area contributed by atoms with Crippen LogP contribution < -0.4 is 4.74 Å². The Bertz CT molecular complexity index is 384. The number of methoxy groups -OCH3 is 1. The molecule has 0 aliphatic heterocycles. The smallest absolute Gasteiger partial charge is 0.419 e. The van der Waals surface area contributed by atoms with E-state index in [4.69, 9.17) is 0 Å². The zero-order valence-corrected chi connectivity index (χ0v) is 9.88. The van der Waals surface area contributed by atoms with Crippen LogP contribution in [-0.2, 0) is 6.18 Å². The Morgan fingerprint density at radius 2 is 1.53 bits per heavy atom. The Hall–Kier alpha value is -1.33. The lowest BCUT2D eigenvalue weighted by atomic mass is 10.1. The topological polar surface area (TPSA) is 9.23 Å². The van der Waals surface area contributed by atoms with Gasteiger partial charge in [0.05, 0.1) is 12.7 Å². The van der Waals surface area contributed by atoms with Gasteiger partial charge in [0.1, 0.15) is 0 Å². The highest BCUT2D eigenvalue weighted by Gasteiger charge is 2.37. The molecule has 1 aromatic carbocycles. The molecule has 0 aliphatic rings. The van der Waals surface area contributed by atoms with Crippen LogP contribution >= 0.6 is 0 Å². The first-order valence-corrected chi connectivity index (χ1v) is 4.88. The molecule has 1 aromatic rings. The number of hydrogen-bond acceptors (Lipinski definition) is 1. The zero-order valence-electron chi connectivity index (χ0n) is 9.88. The minimum atomic E-state index is -4.91. The van der Waals surface area contributed by atoms with Gasteiger partial charge in [-0.25, -0.2) is 4.39 Å². The van der Waals surface area contributed by atoms with Gasteiger partial charge in [-0.05, 0) is 18.6 Å². The molecule has 0 bridgehead atoms. The Labute approximate surface area is 96.2 Å². The third kappa shape index (κ3) is 3.31. The predicted octanol–water partition coefficient (Wildman–Crippen LogP) is 4.33. The summed E-state index contributed by atoms with van der Waals surface area (Å²) in [7, 11) is 1.05. The van der Waals surface area contributed by atoms with E-state index in [9.17, 15) is 22.0 Å². The summed E-state index contributed by atoms with van der Waals surface area (Å²) in [4.78, 5) is 0. The van der Waals surface area contributed by atoms with Crippen molar-refractivity contribution in [3.8, 4) is 5.75 Å². The van der Waals surface area contributed by atoms with E-state index in [0.29, 0.717) is 6.07 Å². The molecule has 0 aliphatic carbocycles. The average Bonchev–Trinajstić information content (AvgIpc) is 2.25. The van der Waals surface area contributed by atoms with Crippen molar-refractivity contribution in [3.05, 3.63) is 28.8 Å². The second kappa shape index (κ2) is 5.84. The van der Waals surface area contributed by atoms with E-state index < -0.39 is 29.1 Å². The average molecular weight is 256 g/mol. The summed E-state index contributed by atoms with van der Waals surface area (Å²) in [5.41, 5.74) is -1.73. The lowest BCUT2D eigenvalue weighted by molar-refractivity contribution is -0.140. The summed E-state index contributed by atoms with van der Waals surface area (Å²) in [6, 6.07) is 0.511. The Balaban J connectivity index is 0.00000121. The van der Waals surface area contributed by atoms with Crippen molar-refractivity contribution in [2.75, 3.05) is 7.11 Å². The minimum Gasteiger partial charge on any atom is -0.493 e. The molecular weight excluding hydrogens is 243 g/mol. The van der Waals surface area contributed by atoms with Crippen LogP contribution in [0.25, 0.3) is 0 Å². The van der Waals surface area contributed by atoms with Gasteiger partial charge >= 0.3 is 6.18 Å². The number of alkyl halides is 3. The molecule has 0 saturated heterocycles. The maximum Gasteiger partial charge on any atom is 0.419 e. The second-order valence-electron chi connectivity index (χ2n) is 2.90. The number of rotatable bonds is 1. The summed E-state index contributed by atoms with van der Waals surface area (Å²) in [5, 5.41) is 0. The molecular formula is C11H13F5O. The summed E-state index contributed by atoms with van der Waals surface area (Å²) in [6.45, 7) is 5.20. The monoisotopic (exact) mass is 256 g/mol. The van der Waals surface area contributed by atoms with Crippen LogP contribution in [0, 0.1) is 18.6 Å². The van der Waals surface area contributed by atoms with Crippen molar-refractivity contribution in [1.29, 1.82) is 0 Å². The molecule has 0 aromatic heterocycles. The molecule has 0 amide bonds. The van der Waals surface area contributed by atoms with Gasteiger partial charge in [0.15, 0.2) is 11.6 Å². The molecule has 17 heavy (non-hydrogen) atoms. The molecule has 1 nitrogen and oxygen atoms in total. The van der Waals surface area contributed by atoms with E-state index >= 15 is 0 Å². The normalized spacial score (nSPS) is 10.6. The number of benzene rings is 1. The van der Waals surface area contributed by atoms with E-state index in [1.54, 1.807) is 0 Å². The molecule has 0 heterocycles. The maximum atomic E-state index is 13.1. The summed E-state index contributed by atoms with van der Waals surface area (Å²) >= 11 is 0. The first-order valence-electron chi connectivity index (χ1n) is 4.88. The zero-order chi connectivity index (χ0) is 13.8. The fourth-order valence-electron chi connectivity index (χ4n) is 1.19. The van der Waals surface area contributed by atoms with Gasteiger partial charge in [0.25, 0.3) is 0 Å². The first-order chi connectivity index (χ1) is 7.79. The summed E-state index contributed by atoms with van der Waals surface area (Å²) < 4.78 is 67.0. The molecule has 0 unspecified atom stereocenters. The van der Waals surface area contributed by atoms with Gasteiger partial charge in [-0.2, -0.15) is 17.6 Å². The third-order valence-electron chi connectivity index (χ3n) is 1.86. The van der Waals surface area contributed by atoms with Gasteiger partial charge < -0.3 is 4.74 Å². The quantitative estimate of drug-likeness (QED) is 0.680. The van der Waals surface area contributed by atoms with E-state index in [2.05, 4.69) is 4.74 Å². The van der Waals surface area contributed by atoms with Crippen LogP contribution in [0.3, 0.4) is 0 Å². The predicted molar refractivity (Wildman–Crippen MR) is 54.0 cm³/mol. The van der Waals surface area contributed by atoms with Crippen LogP contribution in [-0.4, -0.2) is 7.11 Å². The first kappa shape index (κ1) is 15.7. The van der Waals surface area contributed by atoms with Gasteiger partial charge in [0, 0.05) is 0 Å². The fraction of sp³-hybridized carbons (Fsp3) is 0.455. The SMILES string of the molecule is CC.COc1c(C)cc(C(F)(F)F)c(F)c1F. The van der Waals surface area contributed by atoms with Crippen molar-refractivity contribution in [2.45, 2.75) is 26.9 Å². The number of hydrogen-bond donors (Lipinski definition) is 0. The van der Waals surface area contributed by atoms with Crippen molar-refractivity contribution in [2.24, 2.45) is 0 Å². The van der Waals surface area contributed by atoms with Gasteiger partial charge in [-0.3, -0.25) is 0 Å². The highest BCUT2D eigenvalue weighted by atomic mass is 19.4. The van der Waals surface area contributed by atoms with Crippen LogP contribution in [0.5, 0.6) is 5.75 Å². The largest absolute Gasteiger partial charge is 0.493 e. The molecule has 0 fully saturated rings. The molecule has 0 saturated carbocycles. The molecule has 1 rings (SSSR count). The highest BCUT2D eigenvalue weighted by molar-refractivity contribution is 5.40. The van der Waals surface area contributed by atoms with E-state index in [0.717, 1.165) is 7.11 Å². The minimum absolute atomic E-state index is 0.108. The molecule has 6 heteroatoms. The van der Waals surface area contributed by atoms with Crippen molar-refractivity contribution in [1.82, 2.24) is 0 Å². The van der Waals surface area contributed by atoms with Crippen LogP contribution in [0.2, 0.25) is 0 Å². The third-order valence-corrected chi connectivity index (χ3v) is 1.86. The molecule has 98 valence electrons. The number of halogens is 5. The van der Waals surface area contributed by atoms with E-state index in [1.807, 2.05) is 13.8 Å². The molecule has 0 radical (unpaired) electrons. The maximum absolute atomic E-state index is 13.1. The Morgan fingerprint density at radius 1 is 1.06 bits per heavy atom. The molecule has 0 atom stereocenters. The molecule has 0 spiro atoms. The van der Waals surface area contributed by atoms with Crippen LogP contribution in [0.15, 0.2) is 6.07 Å². The second-order valence-corrected chi connectivity index (χ2v) is 2.90. The number of aryl methyl sites for hydroxylation is 1.